The molecule has 0 aliphatic rings. The Kier molecular flexibility index (Phi) is 3.28. The second kappa shape index (κ2) is 4.48. The van der Waals surface area contributed by atoms with Crippen LogP contribution in [-0.2, 0) is 0 Å². The van der Waals surface area contributed by atoms with Gasteiger partial charge in [0.15, 0.2) is 5.56 Å². The molecule has 1 aromatic heterocycles. The number of carboxylic acid groups (broad SMARTS) is 1. The zero-order valence-corrected chi connectivity index (χ0v) is 7.92. The number of nitro groups is 1. The van der Waals surface area contributed by atoms with Gasteiger partial charge in [0.05, 0.1) is 10.5 Å². The Morgan fingerprint density at radius 2 is 2.24 bits per heavy atom. The van der Waals surface area contributed by atoms with Gasteiger partial charge in [-0.15, -0.1) is 0 Å². The molecule has 0 aliphatic heterocycles. The van der Waals surface area contributed by atoms with Crippen LogP contribution >= 0.6 is 0 Å². The second-order valence-corrected chi connectivity index (χ2v) is 2.76. The lowest BCUT2D eigenvalue weighted by Gasteiger charge is -2.05. The molecule has 88 valence electrons. The second-order valence-electron chi connectivity index (χ2n) is 2.76. The third-order valence-corrected chi connectivity index (χ3v) is 1.82. The lowest BCUT2D eigenvalue weighted by atomic mass is 10.1. The Balaban J connectivity index is 3.73. The van der Waals surface area contributed by atoms with E-state index in [1.807, 2.05) is 0 Å². The Morgan fingerprint density at radius 3 is 2.59 bits per heavy atom. The van der Waals surface area contributed by atoms with Gasteiger partial charge in [0.2, 0.25) is 5.69 Å². The van der Waals surface area contributed by atoms with Gasteiger partial charge in [-0.2, -0.15) is 5.26 Å². The maximum atomic E-state index is 12.5. The van der Waals surface area contributed by atoms with Crippen molar-refractivity contribution < 1.29 is 23.6 Å². The van der Waals surface area contributed by atoms with E-state index < -0.39 is 39.8 Å². The van der Waals surface area contributed by atoms with Gasteiger partial charge in [-0.3, -0.25) is 10.1 Å². The van der Waals surface area contributed by atoms with Crippen LogP contribution in [0.1, 0.15) is 28.0 Å². The fourth-order valence-corrected chi connectivity index (χ4v) is 1.16. The summed E-state index contributed by atoms with van der Waals surface area (Å²) in [6.07, 6.45) is -2.79. The molecule has 0 saturated heterocycles. The molecule has 1 rings (SSSR count). The van der Waals surface area contributed by atoms with Crippen molar-refractivity contribution in [3.8, 4) is 6.07 Å². The topological polar surface area (TPSA) is 117 Å². The molecule has 0 bridgehead atoms. The third-order valence-electron chi connectivity index (χ3n) is 1.82. The Bertz CT molecular complexity index is 538. The molecule has 0 spiro atoms. The van der Waals surface area contributed by atoms with Crippen LogP contribution in [0.3, 0.4) is 0 Å². The fourth-order valence-electron chi connectivity index (χ4n) is 1.16. The van der Waals surface area contributed by atoms with E-state index in [2.05, 4.69) is 4.98 Å². The molecule has 7 nitrogen and oxygen atoms in total. The molecular weight excluding hydrogens is 240 g/mol. The zero-order valence-electron chi connectivity index (χ0n) is 7.92. The summed E-state index contributed by atoms with van der Waals surface area (Å²) < 4.78 is 24.9. The number of aromatic carboxylic acids is 1. The Morgan fingerprint density at radius 1 is 1.65 bits per heavy atom. The van der Waals surface area contributed by atoms with Crippen LogP contribution in [0.2, 0.25) is 0 Å². The standard InChI is InChI=1S/C8H3F2N3O4/c9-7(10)3-2-12-4(1-11)6(13(16)17)5(3)8(14)15/h2,7H,(H,14,15). The number of carboxylic acids is 1. The highest BCUT2D eigenvalue weighted by Gasteiger charge is 2.32. The summed E-state index contributed by atoms with van der Waals surface area (Å²) in [5.41, 5.74) is -4.35. The monoisotopic (exact) mass is 243 g/mol. The van der Waals surface area contributed by atoms with Crippen LogP contribution in [0, 0.1) is 21.4 Å². The van der Waals surface area contributed by atoms with Crippen molar-refractivity contribution in [2.45, 2.75) is 6.43 Å². The van der Waals surface area contributed by atoms with Gasteiger partial charge < -0.3 is 5.11 Å². The first-order chi connectivity index (χ1) is 7.90. The number of rotatable bonds is 3. The summed E-state index contributed by atoms with van der Waals surface area (Å²) in [6.45, 7) is 0. The van der Waals surface area contributed by atoms with Gasteiger partial charge in [-0.05, 0) is 0 Å². The molecule has 1 N–H and O–H groups in total. The molecule has 1 aromatic rings. The summed E-state index contributed by atoms with van der Waals surface area (Å²) >= 11 is 0. The van der Waals surface area contributed by atoms with Gasteiger partial charge >= 0.3 is 11.7 Å². The molecule has 17 heavy (non-hydrogen) atoms. The van der Waals surface area contributed by atoms with E-state index in [-0.39, 0.29) is 0 Å². The highest BCUT2D eigenvalue weighted by Crippen LogP contribution is 2.30. The highest BCUT2D eigenvalue weighted by molar-refractivity contribution is 5.95. The van der Waals surface area contributed by atoms with Crippen molar-refractivity contribution >= 4 is 11.7 Å². The van der Waals surface area contributed by atoms with Gasteiger partial charge in [0.1, 0.15) is 6.07 Å². The summed E-state index contributed by atoms with van der Waals surface area (Å²) in [6, 6.07) is 1.28. The van der Waals surface area contributed by atoms with Crippen molar-refractivity contribution in [3.63, 3.8) is 0 Å². The largest absolute Gasteiger partial charge is 0.477 e. The first-order valence-corrected chi connectivity index (χ1v) is 3.99. The summed E-state index contributed by atoms with van der Waals surface area (Å²) in [7, 11) is 0. The minimum atomic E-state index is -3.24. The maximum absolute atomic E-state index is 12.5. The number of carbonyl (C=O) groups is 1. The van der Waals surface area contributed by atoms with Crippen molar-refractivity contribution in [1.82, 2.24) is 4.98 Å². The van der Waals surface area contributed by atoms with Crippen LogP contribution in [0.25, 0.3) is 0 Å². The van der Waals surface area contributed by atoms with Gasteiger partial charge in [-0.1, -0.05) is 0 Å². The minimum Gasteiger partial charge on any atom is -0.477 e. The van der Waals surface area contributed by atoms with Crippen LogP contribution < -0.4 is 0 Å². The predicted octanol–water partition coefficient (Wildman–Crippen LogP) is 1.50. The van der Waals surface area contributed by atoms with Crippen molar-refractivity contribution in [2.24, 2.45) is 0 Å². The summed E-state index contributed by atoms with van der Waals surface area (Å²) in [5.74, 6) is -1.91. The normalized spacial score (nSPS) is 10.0. The van der Waals surface area contributed by atoms with Crippen LogP contribution in [0.4, 0.5) is 14.5 Å². The molecule has 0 fully saturated rings. The molecule has 0 radical (unpaired) electrons. The lowest BCUT2D eigenvalue weighted by Crippen LogP contribution is -2.10. The van der Waals surface area contributed by atoms with E-state index >= 15 is 0 Å². The van der Waals surface area contributed by atoms with Crippen LogP contribution in [-0.4, -0.2) is 21.0 Å². The zero-order chi connectivity index (χ0) is 13.2. The van der Waals surface area contributed by atoms with E-state index in [1.165, 1.54) is 6.07 Å². The van der Waals surface area contributed by atoms with E-state index in [0.29, 0.717) is 6.20 Å². The van der Waals surface area contributed by atoms with Gasteiger partial charge in [-0.25, -0.2) is 18.6 Å². The Hall–Kier alpha value is -2.63. The first-order valence-electron chi connectivity index (χ1n) is 3.99. The molecule has 9 heteroatoms. The summed E-state index contributed by atoms with van der Waals surface area (Å²) in [5, 5.41) is 27.8. The fraction of sp³-hybridized carbons (Fsp3) is 0.125. The number of nitrogens with zero attached hydrogens (tertiary/aromatic N) is 3. The third kappa shape index (κ3) is 2.15. The predicted molar refractivity (Wildman–Crippen MR) is 47.5 cm³/mol. The molecule has 0 aliphatic carbocycles. The summed E-state index contributed by atoms with van der Waals surface area (Å²) in [4.78, 5) is 23.2. The van der Waals surface area contributed by atoms with Crippen molar-refractivity contribution in [1.29, 1.82) is 5.26 Å². The van der Waals surface area contributed by atoms with E-state index in [9.17, 15) is 23.7 Å². The van der Waals surface area contributed by atoms with Gasteiger partial charge in [0.25, 0.3) is 6.43 Å². The molecule has 1 heterocycles. The van der Waals surface area contributed by atoms with Crippen molar-refractivity contribution in [3.05, 3.63) is 33.1 Å². The quantitative estimate of drug-likeness (QED) is 0.634. The van der Waals surface area contributed by atoms with Gasteiger partial charge in [0, 0.05) is 6.20 Å². The number of alkyl halides is 2. The number of pyridine rings is 1. The number of halogens is 2. The van der Waals surface area contributed by atoms with Crippen molar-refractivity contribution in [2.75, 3.05) is 0 Å². The molecule has 0 aromatic carbocycles. The van der Waals surface area contributed by atoms with E-state index in [4.69, 9.17) is 10.4 Å². The Labute approximate surface area is 92.1 Å². The smallest absolute Gasteiger partial charge is 0.343 e. The number of hydrogen-bond donors (Lipinski definition) is 1. The first kappa shape index (κ1) is 12.4. The minimum absolute atomic E-state index is 0.444. The van der Waals surface area contributed by atoms with Crippen LogP contribution in [0.15, 0.2) is 6.20 Å². The number of aromatic nitrogens is 1. The molecule has 0 saturated carbocycles. The molecule has 0 atom stereocenters. The number of hydrogen-bond acceptors (Lipinski definition) is 5. The van der Waals surface area contributed by atoms with E-state index in [1.54, 1.807) is 0 Å². The maximum Gasteiger partial charge on any atom is 0.343 e. The molecule has 0 amide bonds. The average molecular weight is 243 g/mol. The average Bonchev–Trinajstić information content (AvgIpc) is 2.26. The SMILES string of the molecule is N#Cc1ncc(C(F)F)c(C(=O)O)c1[N+](=O)[O-]. The van der Waals surface area contributed by atoms with E-state index in [0.717, 1.165) is 0 Å². The van der Waals surface area contributed by atoms with Crippen LogP contribution in [0.5, 0.6) is 0 Å². The number of nitriles is 1. The molecule has 0 unspecified atom stereocenters. The highest BCUT2D eigenvalue weighted by atomic mass is 19.3. The lowest BCUT2D eigenvalue weighted by molar-refractivity contribution is -0.385. The molecular formula is C8H3F2N3O4.